The van der Waals surface area contributed by atoms with Gasteiger partial charge in [0.15, 0.2) is 0 Å². The highest BCUT2D eigenvalue weighted by Gasteiger charge is 2.19. The summed E-state index contributed by atoms with van der Waals surface area (Å²) in [6, 6.07) is 0.632. The van der Waals surface area contributed by atoms with Crippen LogP contribution in [0.2, 0.25) is 5.02 Å². The minimum absolute atomic E-state index is 0.632. The van der Waals surface area contributed by atoms with Gasteiger partial charge in [0.1, 0.15) is 0 Å². The number of likely N-dealkylation sites (N-methyl/N-ethyl adjacent to an activating group) is 1. The van der Waals surface area contributed by atoms with Crippen molar-refractivity contribution >= 4 is 11.6 Å². The maximum Gasteiger partial charge on any atom is 0.0863 e. The molecule has 0 saturated carbocycles. The van der Waals surface area contributed by atoms with Gasteiger partial charge in [-0.25, -0.2) is 0 Å². The molecule has 1 aromatic rings. The lowest BCUT2D eigenvalue weighted by atomic mass is 10.2. The fourth-order valence-electron chi connectivity index (χ4n) is 2.78. The molecule has 1 unspecified atom stereocenters. The van der Waals surface area contributed by atoms with Gasteiger partial charge >= 0.3 is 0 Å². The van der Waals surface area contributed by atoms with E-state index in [1.807, 2.05) is 4.68 Å². The van der Waals surface area contributed by atoms with Gasteiger partial charge in [0.2, 0.25) is 0 Å². The van der Waals surface area contributed by atoms with E-state index in [4.69, 9.17) is 11.6 Å². The second kappa shape index (κ2) is 6.73. The van der Waals surface area contributed by atoms with E-state index < -0.39 is 0 Å². The Morgan fingerprint density at radius 3 is 2.84 bits per heavy atom. The molecule has 19 heavy (non-hydrogen) atoms. The summed E-state index contributed by atoms with van der Waals surface area (Å²) in [6.45, 7) is 8.20. The summed E-state index contributed by atoms with van der Waals surface area (Å²) in [6.07, 6.45) is 3.48. The first-order valence-corrected chi connectivity index (χ1v) is 7.69. The second-order valence-corrected chi connectivity index (χ2v) is 5.74. The fourth-order valence-corrected chi connectivity index (χ4v) is 3.11. The van der Waals surface area contributed by atoms with Crippen molar-refractivity contribution in [3.05, 3.63) is 16.4 Å². The maximum absolute atomic E-state index is 6.44. The summed E-state index contributed by atoms with van der Waals surface area (Å²) in [4.78, 5) is 2.34. The van der Waals surface area contributed by atoms with Gasteiger partial charge in [-0.1, -0.05) is 18.5 Å². The Bertz CT molecular complexity index is 410. The van der Waals surface area contributed by atoms with Crippen molar-refractivity contribution in [2.24, 2.45) is 0 Å². The van der Waals surface area contributed by atoms with Crippen LogP contribution in [0.5, 0.6) is 0 Å². The topological polar surface area (TPSA) is 33.1 Å². The molecule has 0 aromatic carbocycles. The first kappa shape index (κ1) is 14.8. The first-order chi connectivity index (χ1) is 9.15. The molecule has 108 valence electrons. The van der Waals surface area contributed by atoms with Crippen LogP contribution in [0.25, 0.3) is 0 Å². The van der Waals surface area contributed by atoms with E-state index in [9.17, 15) is 0 Å². The molecular formula is C14H25ClN4. The van der Waals surface area contributed by atoms with Crippen LogP contribution < -0.4 is 5.32 Å². The number of aromatic nitrogens is 2. The molecule has 2 rings (SSSR count). The number of hydrogen-bond acceptors (Lipinski definition) is 3. The predicted molar refractivity (Wildman–Crippen MR) is 79.6 cm³/mol. The molecule has 1 saturated heterocycles. The van der Waals surface area contributed by atoms with Gasteiger partial charge in [0.05, 0.1) is 16.4 Å². The second-order valence-electron chi connectivity index (χ2n) is 5.37. The van der Waals surface area contributed by atoms with Gasteiger partial charge in [-0.2, -0.15) is 5.10 Å². The van der Waals surface area contributed by atoms with Crippen molar-refractivity contribution in [3.63, 3.8) is 0 Å². The molecule has 2 heterocycles. The fraction of sp³-hybridized carbons (Fsp3) is 0.786. The molecule has 1 aliphatic heterocycles. The van der Waals surface area contributed by atoms with Crippen LogP contribution in [-0.4, -0.2) is 40.9 Å². The molecule has 0 bridgehead atoms. The lowest BCUT2D eigenvalue weighted by Gasteiger charge is -2.21. The molecule has 5 heteroatoms. The van der Waals surface area contributed by atoms with E-state index in [1.165, 1.54) is 12.8 Å². The average Bonchev–Trinajstić information content (AvgIpc) is 2.99. The molecule has 1 aromatic heterocycles. The first-order valence-electron chi connectivity index (χ1n) is 7.31. The minimum Gasteiger partial charge on any atom is -0.313 e. The van der Waals surface area contributed by atoms with Crippen LogP contribution in [0.3, 0.4) is 0 Å². The maximum atomic E-state index is 6.44. The Morgan fingerprint density at radius 2 is 2.26 bits per heavy atom. The summed E-state index contributed by atoms with van der Waals surface area (Å²) < 4.78 is 2.04. The van der Waals surface area contributed by atoms with Crippen LogP contribution in [0, 0.1) is 0 Å². The number of nitrogens with zero attached hydrogens (tertiary/aromatic N) is 3. The number of halogens is 1. The lowest BCUT2D eigenvalue weighted by molar-refractivity contribution is 0.284. The van der Waals surface area contributed by atoms with E-state index in [0.29, 0.717) is 6.04 Å². The molecule has 0 spiro atoms. The Balaban J connectivity index is 2.02. The van der Waals surface area contributed by atoms with E-state index in [0.717, 1.165) is 49.0 Å². The third-order valence-electron chi connectivity index (χ3n) is 3.81. The van der Waals surface area contributed by atoms with Gasteiger partial charge in [0.25, 0.3) is 0 Å². The van der Waals surface area contributed by atoms with Crippen molar-refractivity contribution in [1.29, 1.82) is 0 Å². The van der Waals surface area contributed by atoms with Crippen molar-refractivity contribution < 1.29 is 0 Å². The SMILES string of the molecule is CCc1nn(CC)c(CN(C)CC2CCCN2)c1Cl. The Labute approximate surface area is 121 Å². The Hall–Kier alpha value is -0.580. The molecule has 1 N–H and O–H groups in total. The normalized spacial score (nSPS) is 19.5. The molecular weight excluding hydrogens is 260 g/mol. The van der Waals surface area contributed by atoms with Gasteiger partial charge in [-0.05, 0) is 39.8 Å². The Morgan fingerprint density at radius 1 is 1.47 bits per heavy atom. The van der Waals surface area contributed by atoms with Crippen LogP contribution in [-0.2, 0) is 19.5 Å². The van der Waals surface area contributed by atoms with Crippen LogP contribution in [0.4, 0.5) is 0 Å². The van der Waals surface area contributed by atoms with Crippen molar-refractivity contribution in [1.82, 2.24) is 20.0 Å². The summed E-state index contributed by atoms with van der Waals surface area (Å²) in [5.41, 5.74) is 2.17. The zero-order valence-corrected chi connectivity index (χ0v) is 13.0. The number of nitrogens with one attached hydrogen (secondary N) is 1. The van der Waals surface area contributed by atoms with Crippen molar-refractivity contribution in [3.8, 4) is 0 Å². The summed E-state index contributed by atoms with van der Waals surface area (Å²) in [5.74, 6) is 0. The number of rotatable bonds is 6. The number of hydrogen-bond donors (Lipinski definition) is 1. The Kier molecular flexibility index (Phi) is 5.25. The summed E-state index contributed by atoms with van der Waals surface area (Å²) in [7, 11) is 2.16. The third kappa shape index (κ3) is 3.50. The van der Waals surface area contributed by atoms with E-state index in [-0.39, 0.29) is 0 Å². The molecule has 0 radical (unpaired) electrons. The van der Waals surface area contributed by atoms with Gasteiger partial charge in [0, 0.05) is 25.7 Å². The molecule has 1 atom stereocenters. The highest BCUT2D eigenvalue weighted by Crippen LogP contribution is 2.23. The molecule has 1 fully saturated rings. The monoisotopic (exact) mass is 284 g/mol. The molecule has 4 nitrogen and oxygen atoms in total. The summed E-state index contributed by atoms with van der Waals surface area (Å²) in [5, 5.41) is 8.97. The highest BCUT2D eigenvalue weighted by molar-refractivity contribution is 6.31. The van der Waals surface area contributed by atoms with Gasteiger partial charge in [-0.15, -0.1) is 0 Å². The smallest absolute Gasteiger partial charge is 0.0863 e. The van der Waals surface area contributed by atoms with Crippen LogP contribution in [0.15, 0.2) is 0 Å². The molecule has 0 amide bonds. The third-order valence-corrected chi connectivity index (χ3v) is 4.24. The van der Waals surface area contributed by atoms with Crippen LogP contribution in [0.1, 0.15) is 38.1 Å². The van der Waals surface area contributed by atoms with E-state index in [2.05, 4.69) is 36.2 Å². The van der Waals surface area contributed by atoms with E-state index >= 15 is 0 Å². The zero-order valence-electron chi connectivity index (χ0n) is 12.2. The van der Waals surface area contributed by atoms with Gasteiger partial charge in [-0.3, -0.25) is 9.58 Å². The molecule has 1 aliphatic rings. The quantitative estimate of drug-likeness (QED) is 0.870. The van der Waals surface area contributed by atoms with Gasteiger partial charge < -0.3 is 5.32 Å². The average molecular weight is 285 g/mol. The van der Waals surface area contributed by atoms with Crippen molar-refractivity contribution in [2.45, 2.75) is 52.2 Å². The van der Waals surface area contributed by atoms with Crippen molar-refractivity contribution in [2.75, 3.05) is 20.1 Å². The standard InChI is InChI=1S/C14H25ClN4/c1-4-12-14(15)13(19(5-2)17-12)10-18(3)9-11-7-6-8-16-11/h11,16H,4-10H2,1-3H3. The minimum atomic E-state index is 0.632. The summed E-state index contributed by atoms with van der Waals surface area (Å²) >= 11 is 6.44. The lowest BCUT2D eigenvalue weighted by Crippen LogP contribution is -2.35. The molecule has 0 aliphatic carbocycles. The van der Waals surface area contributed by atoms with Crippen LogP contribution >= 0.6 is 11.6 Å². The highest BCUT2D eigenvalue weighted by atomic mass is 35.5. The number of aryl methyl sites for hydroxylation is 2. The van der Waals surface area contributed by atoms with E-state index in [1.54, 1.807) is 0 Å². The predicted octanol–water partition coefficient (Wildman–Crippen LogP) is 2.30. The zero-order chi connectivity index (χ0) is 13.8. The largest absolute Gasteiger partial charge is 0.313 e.